The van der Waals surface area contributed by atoms with E-state index in [2.05, 4.69) is 5.10 Å². The molecule has 0 atom stereocenters. The van der Waals surface area contributed by atoms with Gasteiger partial charge in [-0.25, -0.2) is 4.39 Å². The summed E-state index contributed by atoms with van der Waals surface area (Å²) in [5.41, 5.74) is 2.23. The van der Waals surface area contributed by atoms with Crippen molar-refractivity contribution in [2.45, 2.75) is 19.9 Å². The zero-order valence-electron chi connectivity index (χ0n) is 9.73. The Bertz CT molecular complexity index is 508. The normalized spacial score (nSPS) is 10.8. The molecule has 0 radical (unpaired) electrons. The molecule has 0 bridgehead atoms. The molecule has 4 heteroatoms. The summed E-state index contributed by atoms with van der Waals surface area (Å²) in [5.74, 6) is -0.230. The van der Waals surface area contributed by atoms with Crippen LogP contribution in [0.3, 0.4) is 0 Å². The van der Waals surface area contributed by atoms with Gasteiger partial charge in [0.1, 0.15) is 5.82 Å². The number of aliphatic hydroxyl groups is 1. The first-order valence-electron chi connectivity index (χ1n) is 5.60. The lowest BCUT2D eigenvalue weighted by atomic mass is 10.1. The van der Waals surface area contributed by atoms with Gasteiger partial charge in [-0.15, -0.1) is 0 Å². The molecule has 3 nitrogen and oxygen atoms in total. The molecule has 0 aliphatic rings. The summed E-state index contributed by atoms with van der Waals surface area (Å²) in [5, 5.41) is 12.9. The number of halogens is 1. The van der Waals surface area contributed by atoms with Gasteiger partial charge in [-0.1, -0.05) is 12.1 Å². The van der Waals surface area contributed by atoms with Crippen LogP contribution in [0, 0.1) is 12.7 Å². The molecular weight excluding hydrogens is 219 g/mol. The maximum Gasteiger partial charge on any atom is 0.131 e. The monoisotopic (exact) mass is 234 g/mol. The smallest absolute Gasteiger partial charge is 0.131 e. The van der Waals surface area contributed by atoms with Crippen LogP contribution in [0.1, 0.15) is 12.0 Å². The standard InChI is InChI=1S/C13H15FN2O/c1-10-3-4-12(13(14)7-10)11-8-15-16(9-11)5-2-6-17/h3-4,7-9,17H,2,5-6H2,1H3. The van der Waals surface area contributed by atoms with Crippen molar-refractivity contribution in [3.05, 3.63) is 42.0 Å². The third kappa shape index (κ3) is 2.71. The molecule has 1 heterocycles. The Morgan fingerprint density at radius 3 is 2.94 bits per heavy atom. The predicted molar refractivity (Wildman–Crippen MR) is 64.1 cm³/mol. The number of aliphatic hydroxyl groups excluding tert-OH is 1. The van der Waals surface area contributed by atoms with Gasteiger partial charge in [0, 0.05) is 30.5 Å². The lowest BCUT2D eigenvalue weighted by molar-refractivity contribution is 0.277. The summed E-state index contributed by atoms with van der Waals surface area (Å²) in [6, 6.07) is 5.15. The Morgan fingerprint density at radius 2 is 2.24 bits per heavy atom. The van der Waals surface area contributed by atoms with Crippen LogP contribution >= 0.6 is 0 Å². The Balaban J connectivity index is 2.24. The SMILES string of the molecule is Cc1ccc(-c2cnn(CCCO)c2)c(F)c1. The van der Waals surface area contributed by atoms with Gasteiger partial charge >= 0.3 is 0 Å². The highest BCUT2D eigenvalue weighted by Gasteiger charge is 2.07. The zero-order chi connectivity index (χ0) is 12.3. The number of aryl methyl sites for hydroxylation is 2. The van der Waals surface area contributed by atoms with Crippen molar-refractivity contribution in [1.29, 1.82) is 0 Å². The number of rotatable bonds is 4. The van der Waals surface area contributed by atoms with E-state index in [0.29, 0.717) is 18.5 Å². The second-order valence-electron chi connectivity index (χ2n) is 4.05. The average Bonchev–Trinajstić information content (AvgIpc) is 2.75. The van der Waals surface area contributed by atoms with Crippen molar-refractivity contribution in [2.24, 2.45) is 0 Å². The van der Waals surface area contributed by atoms with Gasteiger partial charge in [0.25, 0.3) is 0 Å². The Hall–Kier alpha value is -1.68. The lowest BCUT2D eigenvalue weighted by Gasteiger charge is -2.01. The minimum absolute atomic E-state index is 0.133. The number of hydrogen-bond acceptors (Lipinski definition) is 2. The fourth-order valence-corrected chi connectivity index (χ4v) is 1.71. The molecule has 0 aliphatic heterocycles. The zero-order valence-corrected chi connectivity index (χ0v) is 9.73. The van der Waals surface area contributed by atoms with Crippen LogP contribution in [0.4, 0.5) is 4.39 Å². The van der Waals surface area contributed by atoms with Crippen molar-refractivity contribution < 1.29 is 9.50 Å². The summed E-state index contributed by atoms with van der Waals surface area (Å²) < 4.78 is 15.4. The Kier molecular flexibility index (Phi) is 3.54. The summed E-state index contributed by atoms with van der Waals surface area (Å²) in [7, 11) is 0. The first-order valence-corrected chi connectivity index (χ1v) is 5.60. The van der Waals surface area contributed by atoms with Crippen molar-refractivity contribution in [1.82, 2.24) is 9.78 Å². The Morgan fingerprint density at radius 1 is 1.41 bits per heavy atom. The third-order valence-corrected chi connectivity index (χ3v) is 2.61. The first-order chi connectivity index (χ1) is 8.20. The maximum absolute atomic E-state index is 13.7. The van der Waals surface area contributed by atoms with Crippen LogP contribution in [0.25, 0.3) is 11.1 Å². The topological polar surface area (TPSA) is 38.0 Å². The summed E-state index contributed by atoms with van der Waals surface area (Å²) in [4.78, 5) is 0. The second kappa shape index (κ2) is 5.10. The highest BCUT2D eigenvalue weighted by Crippen LogP contribution is 2.22. The third-order valence-electron chi connectivity index (χ3n) is 2.61. The number of nitrogens with zero attached hydrogens (tertiary/aromatic N) is 2. The van der Waals surface area contributed by atoms with E-state index in [0.717, 1.165) is 11.1 Å². The minimum Gasteiger partial charge on any atom is -0.396 e. The number of aromatic nitrogens is 2. The molecule has 0 saturated carbocycles. The molecule has 0 fully saturated rings. The molecule has 0 amide bonds. The van der Waals surface area contributed by atoms with Crippen LogP contribution in [-0.2, 0) is 6.54 Å². The van der Waals surface area contributed by atoms with Gasteiger partial charge in [0.2, 0.25) is 0 Å². The van der Waals surface area contributed by atoms with E-state index in [1.807, 2.05) is 13.0 Å². The van der Waals surface area contributed by atoms with Crippen LogP contribution in [0.15, 0.2) is 30.6 Å². The van der Waals surface area contributed by atoms with Crippen LogP contribution in [0.5, 0.6) is 0 Å². The minimum atomic E-state index is -0.230. The molecule has 0 spiro atoms. The lowest BCUT2D eigenvalue weighted by Crippen LogP contribution is -1.99. The van der Waals surface area contributed by atoms with Gasteiger partial charge in [-0.2, -0.15) is 5.10 Å². The van der Waals surface area contributed by atoms with Crippen molar-refractivity contribution in [2.75, 3.05) is 6.61 Å². The van der Waals surface area contributed by atoms with Gasteiger partial charge in [0.05, 0.1) is 6.20 Å². The van der Waals surface area contributed by atoms with Gasteiger partial charge in [-0.05, 0) is 25.0 Å². The number of benzene rings is 1. The second-order valence-corrected chi connectivity index (χ2v) is 4.05. The van der Waals surface area contributed by atoms with E-state index in [9.17, 15) is 4.39 Å². The molecule has 2 rings (SSSR count). The van der Waals surface area contributed by atoms with Crippen LogP contribution in [-0.4, -0.2) is 21.5 Å². The van der Waals surface area contributed by atoms with Crippen molar-refractivity contribution in [3.8, 4) is 11.1 Å². The maximum atomic E-state index is 13.7. The van der Waals surface area contributed by atoms with Crippen molar-refractivity contribution >= 4 is 0 Å². The summed E-state index contributed by atoms with van der Waals surface area (Å²) in [6.07, 6.45) is 4.09. The molecule has 1 aromatic carbocycles. The fraction of sp³-hybridized carbons (Fsp3) is 0.308. The van der Waals surface area contributed by atoms with Crippen LogP contribution < -0.4 is 0 Å². The molecule has 1 N–H and O–H groups in total. The Labute approximate surface area is 99.5 Å². The molecule has 0 saturated heterocycles. The summed E-state index contributed by atoms with van der Waals surface area (Å²) in [6.45, 7) is 2.63. The highest BCUT2D eigenvalue weighted by molar-refractivity contribution is 5.62. The quantitative estimate of drug-likeness (QED) is 0.882. The van der Waals surface area contributed by atoms with Gasteiger partial charge < -0.3 is 5.11 Å². The molecular formula is C13H15FN2O. The van der Waals surface area contributed by atoms with E-state index < -0.39 is 0 Å². The highest BCUT2D eigenvalue weighted by atomic mass is 19.1. The van der Waals surface area contributed by atoms with E-state index in [4.69, 9.17) is 5.11 Å². The van der Waals surface area contributed by atoms with E-state index in [1.165, 1.54) is 6.07 Å². The largest absolute Gasteiger partial charge is 0.396 e. The first kappa shape index (κ1) is 11.8. The molecule has 1 aromatic heterocycles. The van der Waals surface area contributed by atoms with Crippen LogP contribution in [0.2, 0.25) is 0 Å². The molecule has 90 valence electrons. The fourth-order valence-electron chi connectivity index (χ4n) is 1.71. The molecule has 17 heavy (non-hydrogen) atoms. The van der Waals surface area contributed by atoms with Gasteiger partial charge in [0.15, 0.2) is 0 Å². The predicted octanol–water partition coefficient (Wildman–Crippen LogP) is 2.38. The molecule has 2 aromatic rings. The molecule has 0 unspecified atom stereocenters. The van der Waals surface area contributed by atoms with Gasteiger partial charge in [-0.3, -0.25) is 4.68 Å². The summed E-state index contributed by atoms with van der Waals surface area (Å²) >= 11 is 0. The van der Waals surface area contributed by atoms with E-state index >= 15 is 0 Å². The van der Waals surface area contributed by atoms with Crippen molar-refractivity contribution in [3.63, 3.8) is 0 Å². The van der Waals surface area contributed by atoms with E-state index in [1.54, 1.807) is 23.1 Å². The number of hydrogen-bond donors (Lipinski definition) is 1. The van der Waals surface area contributed by atoms with E-state index in [-0.39, 0.29) is 12.4 Å². The average molecular weight is 234 g/mol. The molecule has 0 aliphatic carbocycles.